The molecule has 2 aromatic rings. The molecule has 3 rings (SSSR count). The largest absolute Gasteiger partial charge is 0.496 e. The van der Waals surface area contributed by atoms with Gasteiger partial charge < -0.3 is 15.0 Å². The minimum absolute atomic E-state index is 0.266. The first-order valence-electron chi connectivity index (χ1n) is 9.04. The summed E-state index contributed by atoms with van der Waals surface area (Å²) in [5.41, 5.74) is 2.80. The van der Waals surface area contributed by atoms with Crippen LogP contribution in [0.5, 0.6) is 5.75 Å². The lowest BCUT2D eigenvalue weighted by molar-refractivity contribution is -0.115. The van der Waals surface area contributed by atoms with Gasteiger partial charge in [-0.25, -0.2) is 0 Å². The number of nitrogens with one attached hydrogen (secondary N) is 2. The van der Waals surface area contributed by atoms with Crippen molar-refractivity contribution in [3.8, 4) is 5.75 Å². The first-order valence-corrected chi connectivity index (χ1v) is 10.2. The second-order valence-electron chi connectivity index (χ2n) is 6.37. The van der Waals surface area contributed by atoms with Crippen molar-refractivity contribution in [3.05, 3.63) is 58.6 Å². The molecule has 0 atom stereocenters. The Hall–Kier alpha value is -2.38. The maximum Gasteiger partial charge on any atom is 0.250 e. The Kier molecular flexibility index (Phi) is 7.06. The van der Waals surface area contributed by atoms with Crippen LogP contribution in [0.4, 0.5) is 11.4 Å². The number of carbonyl (C=O) groups is 1. The third kappa shape index (κ3) is 5.33. The van der Waals surface area contributed by atoms with Crippen molar-refractivity contribution >= 4 is 56.6 Å². The predicted molar refractivity (Wildman–Crippen MR) is 122 cm³/mol. The summed E-state index contributed by atoms with van der Waals surface area (Å²) in [5, 5.41) is 6.10. The number of anilines is 2. The van der Waals surface area contributed by atoms with E-state index in [1.165, 1.54) is 18.9 Å². The Morgan fingerprint density at radius 1 is 1.21 bits per heavy atom. The zero-order valence-corrected chi connectivity index (χ0v) is 18.0. The van der Waals surface area contributed by atoms with E-state index >= 15 is 0 Å². The van der Waals surface area contributed by atoms with Crippen molar-refractivity contribution in [3.63, 3.8) is 0 Å². The molecule has 0 unspecified atom stereocenters. The maximum atomic E-state index is 12.3. The van der Waals surface area contributed by atoms with E-state index < -0.39 is 0 Å². The van der Waals surface area contributed by atoms with Gasteiger partial charge in [-0.1, -0.05) is 28.1 Å². The molecular weight excluding hydrogens is 438 g/mol. The van der Waals surface area contributed by atoms with E-state index in [2.05, 4.69) is 37.5 Å². The van der Waals surface area contributed by atoms with Crippen LogP contribution < -0.4 is 20.3 Å². The summed E-state index contributed by atoms with van der Waals surface area (Å²) >= 11 is 8.74. The average Bonchev–Trinajstić information content (AvgIpc) is 3.21. The summed E-state index contributed by atoms with van der Waals surface area (Å²) in [6.45, 7) is 2.07. The van der Waals surface area contributed by atoms with E-state index in [1.54, 1.807) is 13.2 Å². The Labute approximate surface area is 178 Å². The summed E-state index contributed by atoms with van der Waals surface area (Å²) in [6, 6.07) is 13.6. The summed E-state index contributed by atoms with van der Waals surface area (Å²) < 4.78 is 6.21. The van der Waals surface area contributed by atoms with Crippen LogP contribution in [-0.2, 0) is 4.79 Å². The number of ether oxygens (including phenoxy) is 1. The van der Waals surface area contributed by atoms with Crippen LogP contribution in [0, 0.1) is 0 Å². The van der Waals surface area contributed by atoms with Gasteiger partial charge in [0.1, 0.15) is 5.75 Å². The average molecular weight is 460 g/mol. The number of halogens is 1. The molecule has 2 aromatic carbocycles. The summed E-state index contributed by atoms with van der Waals surface area (Å²) in [5.74, 6) is 0.380. The SMILES string of the molecule is COc1ccc(Br)cc1C=CC(=O)NC(=S)Nc1ccccc1N1CCCC1. The number of rotatable bonds is 5. The molecule has 1 amide bonds. The number of carbonyl (C=O) groups excluding carboxylic acids is 1. The van der Waals surface area contributed by atoms with Crippen LogP contribution in [0.1, 0.15) is 18.4 Å². The fraction of sp³-hybridized carbons (Fsp3) is 0.238. The van der Waals surface area contributed by atoms with E-state index in [1.807, 2.05) is 36.4 Å². The van der Waals surface area contributed by atoms with Crippen LogP contribution >= 0.6 is 28.1 Å². The van der Waals surface area contributed by atoms with Gasteiger partial charge in [0.25, 0.3) is 0 Å². The highest BCUT2D eigenvalue weighted by Gasteiger charge is 2.16. The van der Waals surface area contributed by atoms with Gasteiger partial charge in [0, 0.05) is 29.2 Å². The van der Waals surface area contributed by atoms with Crippen LogP contribution in [0.3, 0.4) is 0 Å². The predicted octanol–water partition coefficient (Wildman–Crippen LogP) is 4.58. The zero-order chi connectivity index (χ0) is 19.9. The Bertz CT molecular complexity index is 895. The number of amides is 1. The molecule has 0 aliphatic carbocycles. The lowest BCUT2D eigenvalue weighted by Gasteiger charge is -2.22. The van der Waals surface area contributed by atoms with Crippen molar-refractivity contribution in [2.45, 2.75) is 12.8 Å². The third-order valence-electron chi connectivity index (χ3n) is 4.44. The maximum absolute atomic E-state index is 12.3. The third-order valence-corrected chi connectivity index (χ3v) is 5.14. The van der Waals surface area contributed by atoms with Crippen LogP contribution in [0.2, 0.25) is 0 Å². The molecule has 7 heteroatoms. The first-order chi connectivity index (χ1) is 13.6. The number of para-hydroxylation sites is 2. The molecule has 0 radical (unpaired) electrons. The summed E-state index contributed by atoms with van der Waals surface area (Å²) in [6.07, 6.45) is 5.52. The first kappa shape index (κ1) is 20.4. The van der Waals surface area contributed by atoms with E-state index in [0.29, 0.717) is 5.75 Å². The lowest BCUT2D eigenvalue weighted by Crippen LogP contribution is -2.33. The number of hydrogen-bond donors (Lipinski definition) is 2. The molecule has 1 heterocycles. The standard InChI is InChI=1S/C21H22BrN3O2S/c1-27-19-10-9-16(22)14-15(19)8-11-20(26)24-21(28)23-17-6-2-3-7-18(17)25-12-4-5-13-25/h2-3,6-11,14H,4-5,12-13H2,1H3,(H2,23,24,26,28). The molecule has 1 aliphatic heterocycles. The fourth-order valence-corrected chi connectivity index (χ4v) is 3.71. The molecule has 1 aliphatic rings. The van der Waals surface area contributed by atoms with Gasteiger partial charge in [0.2, 0.25) is 5.91 Å². The highest BCUT2D eigenvalue weighted by atomic mass is 79.9. The Balaban J connectivity index is 1.63. The van der Waals surface area contributed by atoms with Crippen molar-refractivity contribution in [1.82, 2.24) is 5.32 Å². The number of benzene rings is 2. The van der Waals surface area contributed by atoms with Crippen molar-refractivity contribution in [2.75, 3.05) is 30.4 Å². The molecule has 146 valence electrons. The molecule has 1 fully saturated rings. The van der Waals surface area contributed by atoms with Crippen LogP contribution in [0.25, 0.3) is 6.08 Å². The number of hydrogen-bond acceptors (Lipinski definition) is 4. The fourth-order valence-electron chi connectivity index (χ4n) is 3.12. The second kappa shape index (κ2) is 9.71. The highest BCUT2D eigenvalue weighted by Crippen LogP contribution is 2.28. The molecule has 2 N–H and O–H groups in total. The van der Waals surface area contributed by atoms with Gasteiger partial charge in [-0.05, 0) is 61.5 Å². The van der Waals surface area contributed by atoms with Crippen LogP contribution in [-0.4, -0.2) is 31.2 Å². The smallest absolute Gasteiger partial charge is 0.250 e. The van der Waals surface area contributed by atoms with Gasteiger partial charge in [-0.15, -0.1) is 0 Å². The Morgan fingerprint density at radius 3 is 2.71 bits per heavy atom. The van der Waals surface area contributed by atoms with Gasteiger partial charge >= 0.3 is 0 Å². The monoisotopic (exact) mass is 459 g/mol. The van der Waals surface area contributed by atoms with E-state index in [0.717, 1.165) is 34.5 Å². The van der Waals surface area contributed by atoms with Gasteiger partial charge in [-0.2, -0.15) is 0 Å². The van der Waals surface area contributed by atoms with Crippen molar-refractivity contribution in [2.24, 2.45) is 0 Å². The van der Waals surface area contributed by atoms with Crippen LogP contribution in [0.15, 0.2) is 53.0 Å². The summed E-state index contributed by atoms with van der Waals surface area (Å²) in [4.78, 5) is 14.6. The highest BCUT2D eigenvalue weighted by molar-refractivity contribution is 9.10. The number of thiocarbonyl (C=S) groups is 1. The molecule has 28 heavy (non-hydrogen) atoms. The second-order valence-corrected chi connectivity index (χ2v) is 7.70. The Morgan fingerprint density at radius 2 is 1.96 bits per heavy atom. The summed E-state index contributed by atoms with van der Waals surface area (Å²) in [7, 11) is 1.59. The minimum atomic E-state index is -0.307. The molecule has 0 aromatic heterocycles. The molecule has 0 spiro atoms. The molecule has 1 saturated heterocycles. The van der Waals surface area contributed by atoms with Crippen molar-refractivity contribution in [1.29, 1.82) is 0 Å². The number of nitrogens with zero attached hydrogens (tertiary/aromatic N) is 1. The molecule has 0 bridgehead atoms. The van der Waals surface area contributed by atoms with E-state index in [9.17, 15) is 4.79 Å². The molecule has 5 nitrogen and oxygen atoms in total. The lowest BCUT2D eigenvalue weighted by atomic mass is 10.2. The van der Waals surface area contributed by atoms with Gasteiger partial charge in [-0.3, -0.25) is 10.1 Å². The quantitative estimate of drug-likeness (QED) is 0.505. The van der Waals surface area contributed by atoms with Gasteiger partial charge in [0.15, 0.2) is 5.11 Å². The van der Waals surface area contributed by atoms with Crippen molar-refractivity contribution < 1.29 is 9.53 Å². The number of methoxy groups -OCH3 is 1. The zero-order valence-electron chi connectivity index (χ0n) is 15.6. The minimum Gasteiger partial charge on any atom is -0.496 e. The van der Waals surface area contributed by atoms with Gasteiger partial charge in [0.05, 0.1) is 18.5 Å². The normalized spacial score (nSPS) is 13.6. The topological polar surface area (TPSA) is 53.6 Å². The van der Waals surface area contributed by atoms with E-state index in [4.69, 9.17) is 17.0 Å². The van der Waals surface area contributed by atoms with E-state index in [-0.39, 0.29) is 11.0 Å². The molecular formula is C21H22BrN3O2S. The molecule has 0 saturated carbocycles.